The van der Waals surface area contributed by atoms with Crippen LogP contribution in [0.2, 0.25) is 0 Å². The third-order valence-corrected chi connectivity index (χ3v) is 4.29. The number of carbonyl (C=O) groups is 1. The number of carboxylic acid groups (broad SMARTS) is 1. The van der Waals surface area contributed by atoms with Crippen LogP contribution in [0.15, 0.2) is 29.3 Å². The molecule has 5 nitrogen and oxygen atoms in total. The molecule has 0 saturated carbocycles. The average molecular weight is 305 g/mol. The van der Waals surface area contributed by atoms with E-state index in [9.17, 15) is 9.90 Å². The number of aromatic carboxylic acids is 1. The largest absolute Gasteiger partial charge is 0.478 e. The van der Waals surface area contributed by atoms with E-state index in [2.05, 4.69) is 10.4 Å². The van der Waals surface area contributed by atoms with Gasteiger partial charge in [-0.05, 0) is 24.8 Å². The van der Waals surface area contributed by atoms with Crippen molar-refractivity contribution in [2.45, 2.75) is 25.3 Å². The lowest BCUT2D eigenvalue weighted by atomic mass is 10.1. The topological polar surface area (TPSA) is 67.2 Å². The Morgan fingerprint density at radius 3 is 2.81 bits per heavy atom. The molecule has 112 valence electrons. The molecular formula is C15H19N3O2S. The van der Waals surface area contributed by atoms with Crippen molar-refractivity contribution in [3.05, 3.63) is 41.2 Å². The highest BCUT2D eigenvalue weighted by atomic mass is 32.2. The molecular weight excluding hydrogens is 286 g/mol. The number of anilines is 1. The second kappa shape index (κ2) is 6.67. The molecule has 1 heterocycles. The Bertz CT molecular complexity index is 652. The average Bonchev–Trinajstić information content (AvgIpc) is 2.76. The van der Waals surface area contributed by atoms with E-state index in [1.54, 1.807) is 16.9 Å². The monoisotopic (exact) mass is 305 g/mol. The third-order valence-electron chi connectivity index (χ3n) is 3.35. The van der Waals surface area contributed by atoms with Crippen LogP contribution in [0, 0.1) is 6.92 Å². The first kappa shape index (κ1) is 15.4. The molecule has 21 heavy (non-hydrogen) atoms. The first-order chi connectivity index (χ1) is 10.0. The Labute approximate surface area is 128 Å². The number of nitrogens with zero attached hydrogens (tertiary/aromatic N) is 2. The molecule has 0 aliphatic rings. The van der Waals surface area contributed by atoms with Gasteiger partial charge < -0.3 is 10.4 Å². The number of aryl methyl sites for hydroxylation is 1. The van der Waals surface area contributed by atoms with Crippen LogP contribution in [0.5, 0.6) is 0 Å². The lowest BCUT2D eigenvalue weighted by molar-refractivity contribution is 0.0694. The second-order valence-electron chi connectivity index (χ2n) is 4.65. The molecule has 0 unspecified atom stereocenters. The van der Waals surface area contributed by atoms with Crippen molar-refractivity contribution in [1.29, 1.82) is 0 Å². The summed E-state index contributed by atoms with van der Waals surface area (Å²) in [5, 5.41) is 16.9. The summed E-state index contributed by atoms with van der Waals surface area (Å²) >= 11 is 1.54. The highest BCUT2D eigenvalue weighted by Gasteiger charge is 2.15. The Morgan fingerprint density at radius 2 is 2.24 bits per heavy atom. The van der Waals surface area contributed by atoms with Gasteiger partial charge in [0, 0.05) is 29.7 Å². The summed E-state index contributed by atoms with van der Waals surface area (Å²) in [6.07, 6.45) is 1.80. The summed E-state index contributed by atoms with van der Waals surface area (Å²) in [5.41, 5.74) is 3.11. The Balaban J connectivity index is 2.25. The molecule has 0 aliphatic heterocycles. The number of hydrogen-bond acceptors (Lipinski definition) is 4. The van der Waals surface area contributed by atoms with Crippen LogP contribution < -0.4 is 5.32 Å². The molecule has 2 aromatic rings. The van der Waals surface area contributed by atoms with E-state index in [1.165, 1.54) is 11.8 Å². The predicted molar refractivity (Wildman–Crippen MR) is 85.1 cm³/mol. The molecule has 0 radical (unpaired) electrons. The normalized spacial score (nSPS) is 10.6. The van der Waals surface area contributed by atoms with Crippen LogP contribution in [0.4, 0.5) is 5.69 Å². The van der Waals surface area contributed by atoms with E-state index in [4.69, 9.17) is 0 Å². The van der Waals surface area contributed by atoms with Gasteiger partial charge >= 0.3 is 5.97 Å². The van der Waals surface area contributed by atoms with Crippen molar-refractivity contribution in [3.63, 3.8) is 0 Å². The fourth-order valence-corrected chi connectivity index (χ4v) is 2.91. The van der Waals surface area contributed by atoms with Crippen molar-refractivity contribution in [3.8, 4) is 0 Å². The van der Waals surface area contributed by atoms with Gasteiger partial charge in [0.2, 0.25) is 0 Å². The van der Waals surface area contributed by atoms with Crippen LogP contribution >= 0.6 is 11.8 Å². The number of aromatic nitrogens is 2. The molecule has 0 amide bonds. The molecule has 0 bridgehead atoms. The molecule has 0 aliphatic carbocycles. The minimum atomic E-state index is -0.906. The summed E-state index contributed by atoms with van der Waals surface area (Å²) in [6, 6.07) is 5.52. The van der Waals surface area contributed by atoms with E-state index >= 15 is 0 Å². The van der Waals surface area contributed by atoms with Crippen molar-refractivity contribution in [2.24, 2.45) is 7.05 Å². The number of carboxylic acids is 1. The zero-order valence-electron chi connectivity index (χ0n) is 12.4. The van der Waals surface area contributed by atoms with Crippen LogP contribution in [-0.4, -0.2) is 26.6 Å². The molecule has 0 fully saturated rings. The van der Waals surface area contributed by atoms with Gasteiger partial charge in [-0.2, -0.15) is 5.10 Å². The van der Waals surface area contributed by atoms with Gasteiger partial charge in [0.15, 0.2) is 0 Å². The predicted octanol–water partition coefficient (Wildman–Crippen LogP) is 3.15. The number of hydrogen-bond donors (Lipinski definition) is 2. The molecule has 2 rings (SSSR count). The van der Waals surface area contributed by atoms with Crippen molar-refractivity contribution >= 4 is 23.4 Å². The molecule has 0 atom stereocenters. The van der Waals surface area contributed by atoms with E-state index in [1.807, 2.05) is 33.0 Å². The standard InChI is InChI=1S/C15H19N3O2S/c1-4-21-13-7-5-6-12(14(13)15(19)20)16-8-11-9-17-18(3)10(11)2/h5-7,9,16H,4,8H2,1-3H3,(H,19,20). The molecule has 2 N–H and O–H groups in total. The Kier molecular flexibility index (Phi) is 4.90. The summed E-state index contributed by atoms with van der Waals surface area (Å²) in [4.78, 5) is 12.3. The van der Waals surface area contributed by atoms with Gasteiger partial charge in [0.1, 0.15) is 0 Å². The van der Waals surface area contributed by atoms with Gasteiger partial charge in [0.05, 0.1) is 17.4 Å². The third kappa shape index (κ3) is 3.39. The van der Waals surface area contributed by atoms with Crippen LogP contribution in [-0.2, 0) is 13.6 Å². The summed E-state index contributed by atoms with van der Waals surface area (Å²) in [5.74, 6) is -0.0669. The van der Waals surface area contributed by atoms with E-state index in [-0.39, 0.29) is 0 Å². The van der Waals surface area contributed by atoms with Crippen LogP contribution in [0.1, 0.15) is 28.5 Å². The lowest BCUT2D eigenvalue weighted by Crippen LogP contribution is -2.08. The van der Waals surface area contributed by atoms with E-state index in [0.717, 1.165) is 21.9 Å². The fourth-order valence-electron chi connectivity index (χ4n) is 2.08. The summed E-state index contributed by atoms with van der Waals surface area (Å²) < 4.78 is 1.80. The number of rotatable bonds is 6. The maximum Gasteiger partial charge on any atom is 0.338 e. The van der Waals surface area contributed by atoms with Gasteiger partial charge in [-0.15, -0.1) is 11.8 Å². The van der Waals surface area contributed by atoms with E-state index in [0.29, 0.717) is 17.8 Å². The van der Waals surface area contributed by atoms with Crippen LogP contribution in [0.25, 0.3) is 0 Å². The smallest absolute Gasteiger partial charge is 0.338 e. The zero-order valence-corrected chi connectivity index (χ0v) is 13.2. The zero-order chi connectivity index (χ0) is 15.4. The first-order valence-corrected chi connectivity index (χ1v) is 7.73. The second-order valence-corrected chi connectivity index (χ2v) is 5.96. The Hall–Kier alpha value is -1.95. The highest BCUT2D eigenvalue weighted by molar-refractivity contribution is 7.99. The molecule has 1 aromatic heterocycles. The maximum atomic E-state index is 11.5. The number of benzene rings is 1. The van der Waals surface area contributed by atoms with Crippen molar-refractivity contribution < 1.29 is 9.90 Å². The van der Waals surface area contributed by atoms with Crippen LogP contribution in [0.3, 0.4) is 0 Å². The fraction of sp³-hybridized carbons (Fsp3) is 0.333. The number of thioether (sulfide) groups is 1. The summed E-state index contributed by atoms with van der Waals surface area (Å²) in [6.45, 7) is 4.56. The van der Waals surface area contributed by atoms with E-state index < -0.39 is 5.97 Å². The first-order valence-electron chi connectivity index (χ1n) is 6.75. The Morgan fingerprint density at radius 1 is 1.48 bits per heavy atom. The van der Waals surface area contributed by atoms with Gasteiger partial charge in [-0.1, -0.05) is 13.0 Å². The molecule has 1 aromatic carbocycles. The summed E-state index contributed by atoms with van der Waals surface area (Å²) in [7, 11) is 1.89. The van der Waals surface area contributed by atoms with Gasteiger partial charge in [0.25, 0.3) is 0 Å². The maximum absolute atomic E-state index is 11.5. The molecule has 0 spiro atoms. The van der Waals surface area contributed by atoms with Crippen molar-refractivity contribution in [2.75, 3.05) is 11.1 Å². The van der Waals surface area contributed by atoms with Gasteiger partial charge in [-0.3, -0.25) is 4.68 Å². The quantitative estimate of drug-likeness (QED) is 0.803. The van der Waals surface area contributed by atoms with Gasteiger partial charge in [-0.25, -0.2) is 4.79 Å². The lowest BCUT2D eigenvalue weighted by Gasteiger charge is -2.12. The van der Waals surface area contributed by atoms with Crippen molar-refractivity contribution in [1.82, 2.24) is 9.78 Å². The number of nitrogens with one attached hydrogen (secondary N) is 1. The molecule has 6 heteroatoms. The SMILES string of the molecule is CCSc1cccc(NCc2cnn(C)c2C)c1C(=O)O. The molecule has 0 saturated heterocycles. The highest BCUT2D eigenvalue weighted by Crippen LogP contribution is 2.29. The minimum absolute atomic E-state index is 0.339. The minimum Gasteiger partial charge on any atom is -0.478 e.